The van der Waals surface area contributed by atoms with Crippen molar-refractivity contribution in [3.63, 3.8) is 0 Å². The van der Waals surface area contributed by atoms with Crippen LogP contribution in [0.3, 0.4) is 0 Å². The average molecular weight is 311 g/mol. The summed E-state index contributed by atoms with van der Waals surface area (Å²) in [6.07, 6.45) is -2.36. The number of halogens is 3. The molecule has 0 unspecified atom stereocenters. The van der Waals surface area contributed by atoms with Crippen LogP contribution in [0.2, 0.25) is 0 Å². The lowest BCUT2D eigenvalue weighted by molar-refractivity contribution is -0.137. The monoisotopic (exact) mass is 311 g/mol. The van der Waals surface area contributed by atoms with E-state index in [4.69, 9.17) is 0 Å². The number of alkyl halides is 3. The molecule has 3 nitrogen and oxygen atoms in total. The number of imide groups is 1. The zero-order chi connectivity index (χ0) is 16.1. The lowest BCUT2D eigenvalue weighted by Crippen LogP contribution is -2.31. The zero-order valence-electron chi connectivity index (χ0n) is 12.1. The van der Waals surface area contributed by atoms with Gasteiger partial charge in [0.25, 0.3) is 0 Å². The SMILES string of the molecule is C[C@@H]1CC[C@H]2C(=O)N(c3cccc(C(F)(F)F)c3)C(=O)[C@H]2C1. The van der Waals surface area contributed by atoms with E-state index >= 15 is 0 Å². The molecule has 1 saturated heterocycles. The molecule has 0 N–H and O–H groups in total. The maximum absolute atomic E-state index is 12.8. The first-order valence-corrected chi connectivity index (χ1v) is 7.34. The van der Waals surface area contributed by atoms with Crippen LogP contribution < -0.4 is 4.90 Å². The van der Waals surface area contributed by atoms with Gasteiger partial charge in [0.1, 0.15) is 0 Å². The topological polar surface area (TPSA) is 37.4 Å². The molecule has 3 atom stereocenters. The number of hydrogen-bond acceptors (Lipinski definition) is 2. The number of carbonyl (C=O) groups is 2. The maximum Gasteiger partial charge on any atom is 0.416 e. The van der Waals surface area contributed by atoms with Crippen LogP contribution in [-0.2, 0) is 15.8 Å². The van der Waals surface area contributed by atoms with Gasteiger partial charge in [0.05, 0.1) is 23.1 Å². The summed E-state index contributed by atoms with van der Waals surface area (Å²) in [5, 5.41) is 0. The Hall–Kier alpha value is -1.85. The van der Waals surface area contributed by atoms with Crippen LogP contribution in [-0.4, -0.2) is 11.8 Å². The molecule has 118 valence electrons. The van der Waals surface area contributed by atoms with Gasteiger partial charge >= 0.3 is 6.18 Å². The lowest BCUT2D eigenvalue weighted by atomic mass is 9.76. The summed E-state index contributed by atoms with van der Waals surface area (Å²) in [7, 11) is 0. The summed E-state index contributed by atoms with van der Waals surface area (Å²) in [5.41, 5.74) is -0.833. The Morgan fingerprint density at radius 2 is 1.77 bits per heavy atom. The van der Waals surface area contributed by atoms with Crippen molar-refractivity contribution in [1.82, 2.24) is 0 Å². The number of anilines is 1. The molecule has 1 heterocycles. The Balaban J connectivity index is 1.95. The molecule has 0 radical (unpaired) electrons. The molecular formula is C16H16F3NO2. The van der Waals surface area contributed by atoms with Gasteiger partial charge in [0.15, 0.2) is 0 Å². The Kier molecular flexibility index (Phi) is 3.50. The minimum Gasteiger partial charge on any atom is -0.274 e. The van der Waals surface area contributed by atoms with Crippen LogP contribution in [0.25, 0.3) is 0 Å². The van der Waals surface area contributed by atoms with Gasteiger partial charge in [-0.25, -0.2) is 0 Å². The quantitative estimate of drug-likeness (QED) is 0.743. The third-order valence-corrected chi connectivity index (χ3v) is 4.62. The first-order chi connectivity index (χ1) is 10.3. The number of carbonyl (C=O) groups excluding carboxylic acids is 2. The first-order valence-electron chi connectivity index (χ1n) is 7.34. The van der Waals surface area contributed by atoms with Crippen molar-refractivity contribution >= 4 is 17.5 Å². The van der Waals surface area contributed by atoms with Gasteiger partial charge in [-0.3, -0.25) is 14.5 Å². The van der Waals surface area contributed by atoms with Crippen LogP contribution in [0.4, 0.5) is 18.9 Å². The third kappa shape index (κ3) is 2.40. The molecule has 0 spiro atoms. The highest BCUT2D eigenvalue weighted by Gasteiger charge is 2.50. The van der Waals surface area contributed by atoms with E-state index in [0.29, 0.717) is 18.8 Å². The first kappa shape index (κ1) is 15.1. The molecule has 3 rings (SSSR count). The summed E-state index contributed by atoms with van der Waals surface area (Å²) >= 11 is 0. The Morgan fingerprint density at radius 3 is 2.45 bits per heavy atom. The molecule has 0 aromatic heterocycles. The van der Waals surface area contributed by atoms with E-state index in [0.717, 1.165) is 23.5 Å². The number of rotatable bonds is 1. The molecule has 1 aromatic rings. The minimum atomic E-state index is -4.50. The zero-order valence-corrected chi connectivity index (χ0v) is 12.1. The van der Waals surface area contributed by atoms with E-state index in [2.05, 4.69) is 0 Å². The molecule has 2 amide bonds. The summed E-state index contributed by atoms with van der Waals surface area (Å²) in [6, 6.07) is 4.41. The highest BCUT2D eigenvalue weighted by atomic mass is 19.4. The van der Waals surface area contributed by atoms with Crippen molar-refractivity contribution < 1.29 is 22.8 Å². The fourth-order valence-corrected chi connectivity index (χ4v) is 3.47. The summed E-state index contributed by atoms with van der Waals surface area (Å²) in [4.78, 5) is 25.9. The van der Waals surface area contributed by atoms with Gasteiger partial charge in [0.2, 0.25) is 11.8 Å². The Labute approximate surface area is 126 Å². The highest BCUT2D eigenvalue weighted by Crippen LogP contribution is 2.42. The number of amides is 2. The van der Waals surface area contributed by atoms with E-state index in [1.165, 1.54) is 12.1 Å². The van der Waals surface area contributed by atoms with Gasteiger partial charge in [-0.15, -0.1) is 0 Å². The second kappa shape index (κ2) is 5.11. The predicted octanol–water partition coefficient (Wildman–Crippen LogP) is 3.63. The van der Waals surface area contributed by atoms with Crippen molar-refractivity contribution in [2.24, 2.45) is 17.8 Å². The standard InChI is InChI=1S/C16H16F3NO2/c1-9-5-6-12-13(7-9)15(22)20(14(12)21)11-4-2-3-10(8-11)16(17,18)19/h2-4,8-9,12-13H,5-7H2,1H3/t9-,12-,13+/m1/s1. The Bertz CT molecular complexity index is 626. The number of nitrogens with zero attached hydrogens (tertiary/aromatic N) is 1. The highest BCUT2D eigenvalue weighted by molar-refractivity contribution is 6.22. The van der Waals surface area contributed by atoms with Gasteiger partial charge < -0.3 is 0 Å². The molecule has 1 aliphatic heterocycles. The van der Waals surface area contributed by atoms with Gasteiger partial charge in [-0.1, -0.05) is 13.0 Å². The van der Waals surface area contributed by atoms with Crippen molar-refractivity contribution in [3.05, 3.63) is 29.8 Å². The molecule has 2 fully saturated rings. The van der Waals surface area contributed by atoms with Gasteiger partial charge in [-0.05, 0) is 43.4 Å². The molecule has 1 aliphatic carbocycles. The fraction of sp³-hybridized carbons (Fsp3) is 0.500. The normalized spacial score (nSPS) is 28.9. The molecule has 6 heteroatoms. The lowest BCUT2D eigenvalue weighted by Gasteiger charge is -2.25. The molecule has 1 saturated carbocycles. The van der Waals surface area contributed by atoms with E-state index in [1.807, 2.05) is 6.92 Å². The smallest absolute Gasteiger partial charge is 0.274 e. The van der Waals surface area contributed by atoms with Crippen LogP contribution in [0, 0.1) is 17.8 Å². The van der Waals surface area contributed by atoms with Crippen molar-refractivity contribution in [2.75, 3.05) is 4.90 Å². The molecule has 0 bridgehead atoms. The van der Waals surface area contributed by atoms with E-state index in [-0.39, 0.29) is 29.3 Å². The number of benzene rings is 1. The maximum atomic E-state index is 12.8. The van der Waals surface area contributed by atoms with Crippen LogP contribution in [0.1, 0.15) is 31.7 Å². The summed E-state index contributed by atoms with van der Waals surface area (Å²) in [5.74, 6) is -1.12. The fourth-order valence-electron chi connectivity index (χ4n) is 3.47. The predicted molar refractivity (Wildman–Crippen MR) is 73.9 cm³/mol. The van der Waals surface area contributed by atoms with Crippen LogP contribution >= 0.6 is 0 Å². The van der Waals surface area contributed by atoms with E-state index in [9.17, 15) is 22.8 Å². The second-order valence-electron chi connectivity index (χ2n) is 6.19. The molecule has 22 heavy (non-hydrogen) atoms. The summed E-state index contributed by atoms with van der Waals surface area (Å²) in [6.45, 7) is 2.03. The second-order valence-corrected chi connectivity index (χ2v) is 6.19. The van der Waals surface area contributed by atoms with Gasteiger partial charge in [0, 0.05) is 0 Å². The number of fused-ring (bicyclic) bond motifs is 1. The Morgan fingerprint density at radius 1 is 1.09 bits per heavy atom. The van der Waals surface area contributed by atoms with E-state index < -0.39 is 11.7 Å². The van der Waals surface area contributed by atoms with Crippen LogP contribution in [0.15, 0.2) is 24.3 Å². The van der Waals surface area contributed by atoms with Crippen molar-refractivity contribution in [2.45, 2.75) is 32.4 Å². The molecule has 2 aliphatic rings. The van der Waals surface area contributed by atoms with Crippen molar-refractivity contribution in [3.8, 4) is 0 Å². The molecule has 1 aromatic carbocycles. The van der Waals surface area contributed by atoms with E-state index in [1.54, 1.807) is 0 Å². The largest absolute Gasteiger partial charge is 0.416 e. The third-order valence-electron chi connectivity index (χ3n) is 4.62. The van der Waals surface area contributed by atoms with Crippen molar-refractivity contribution in [1.29, 1.82) is 0 Å². The van der Waals surface area contributed by atoms with Gasteiger partial charge in [-0.2, -0.15) is 13.2 Å². The van der Waals surface area contributed by atoms with Crippen LogP contribution in [0.5, 0.6) is 0 Å². The average Bonchev–Trinajstić information content (AvgIpc) is 2.69. The summed E-state index contributed by atoms with van der Waals surface area (Å²) < 4.78 is 38.4. The minimum absolute atomic E-state index is 0.0203. The number of hydrogen-bond donors (Lipinski definition) is 0. The molecular weight excluding hydrogens is 295 g/mol.